The number of hydrogen-bond acceptors (Lipinski definition) is 4. The van der Waals surface area contributed by atoms with Gasteiger partial charge in [-0.05, 0) is 55.1 Å². The number of hydrogen-bond donors (Lipinski definition) is 1. The van der Waals surface area contributed by atoms with Gasteiger partial charge in [-0.25, -0.2) is 14.1 Å². The molecule has 1 aromatic heterocycles. The van der Waals surface area contributed by atoms with Crippen LogP contribution in [0, 0.1) is 12.7 Å². The van der Waals surface area contributed by atoms with E-state index >= 15 is 0 Å². The molecule has 0 aliphatic rings. The van der Waals surface area contributed by atoms with Gasteiger partial charge in [-0.1, -0.05) is 18.2 Å². The van der Waals surface area contributed by atoms with Gasteiger partial charge in [-0.2, -0.15) is 5.10 Å². The minimum atomic E-state index is -0.416. The summed E-state index contributed by atoms with van der Waals surface area (Å²) in [4.78, 5) is 16.7. The van der Waals surface area contributed by atoms with Crippen molar-refractivity contribution in [1.82, 2.24) is 9.78 Å². The highest BCUT2D eigenvalue weighted by atomic mass is 19.1. The molecular formula is C20H17FN4O. The number of halogens is 1. The first-order chi connectivity index (χ1) is 12.6. The van der Waals surface area contributed by atoms with Crippen molar-refractivity contribution in [2.24, 2.45) is 10.7 Å². The minimum Gasteiger partial charge on any atom is -0.405 e. The summed E-state index contributed by atoms with van der Waals surface area (Å²) in [6, 6.07) is 14.9. The van der Waals surface area contributed by atoms with Gasteiger partial charge in [-0.15, -0.1) is 0 Å². The number of aryl methyl sites for hydroxylation is 1. The van der Waals surface area contributed by atoms with Crippen LogP contribution in [-0.2, 0) is 0 Å². The first-order valence-corrected chi connectivity index (χ1v) is 7.97. The van der Waals surface area contributed by atoms with Crippen LogP contribution in [0.3, 0.4) is 0 Å². The second-order valence-electron chi connectivity index (χ2n) is 5.65. The van der Waals surface area contributed by atoms with E-state index in [1.807, 2.05) is 31.2 Å². The quantitative estimate of drug-likeness (QED) is 0.736. The summed E-state index contributed by atoms with van der Waals surface area (Å²) in [6.07, 6.45) is 4.32. The molecule has 0 amide bonds. The fourth-order valence-corrected chi connectivity index (χ4v) is 2.44. The Morgan fingerprint density at radius 1 is 1.19 bits per heavy atom. The lowest BCUT2D eigenvalue weighted by atomic mass is 10.2. The van der Waals surface area contributed by atoms with Crippen molar-refractivity contribution in [2.45, 2.75) is 6.92 Å². The van der Waals surface area contributed by atoms with Gasteiger partial charge in [0.05, 0.1) is 17.1 Å². The topological polar surface area (TPSA) is 73.3 Å². The lowest BCUT2D eigenvalue weighted by molar-refractivity contribution is 0.628. The van der Waals surface area contributed by atoms with E-state index in [-0.39, 0.29) is 16.8 Å². The average molecular weight is 348 g/mol. The van der Waals surface area contributed by atoms with Crippen molar-refractivity contribution in [2.75, 3.05) is 0 Å². The van der Waals surface area contributed by atoms with E-state index in [0.29, 0.717) is 5.69 Å². The Bertz CT molecular complexity index is 1050. The molecule has 3 rings (SSSR count). The summed E-state index contributed by atoms with van der Waals surface area (Å²) in [7, 11) is 0. The molecule has 6 heteroatoms. The smallest absolute Gasteiger partial charge is 0.209 e. The molecular weight excluding hydrogens is 331 g/mol. The Hall–Kier alpha value is -3.54. The van der Waals surface area contributed by atoms with Crippen LogP contribution in [0.25, 0.3) is 5.69 Å². The minimum absolute atomic E-state index is 0.125. The Balaban J connectivity index is 2.13. The maximum Gasteiger partial charge on any atom is 0.209 e. The third-order valence-corrected chi connectivity index (χ3v) is 3.63. The summed E-state index contributed by atoms with van der Waals surface area (Å²) >= 11 is 0. The zero-order chi connectivity index (χ0) is 18.5. The fourth-order valence-electron chi connectivity index (χ4n) is 2.44. The zero-order valence-electron chi connectivity index (χ0n) is 14.1. The summed E-state index contributed by atoms with van der Waals surface area (Å²) in [6.45, 7) is 1.97. The van der Waals surface area contributed by atoms with Gasteiger partial charge in [0.1, 0.15) is 5.82 Å². The van der Waals surface area contributed by atoms with Crippen molar-refractivity contribution < 1.29 is 4.39 Å². The van der Waals surface area contributed by atoms with Crippen LogP contribution in [0.4, 0.5) is 10.1 Å². The molecule has 0 fully saturated rings. The molecule has 0 aliphatic heterocycles. The standard InChI is InChI=1S/C20H17FN4O/c1-14-4-2-7-17(12-14)25-11-9-19(26)20(24-25)18(8-10-22)23-16-6-3-5-15(21)13-16/h2-13H,22H2,1H3. The Morgan fingerprint density at radius 2 is 2.00 bits per heavy atom. The molecule has 3 aromatic rings. The summed E-state index contributed by atoms with van der Waals surface area (Å²) in [5.74, 6) is -0.416. The van der Waals surface area contributed by atoms with E-state index in [4.69, 9.17) is 5.73 Å². The van der Waals surface area contributed by atoms with Crippen molar-refractivity contribution in [3.63, 3.8) is 0 Å². The molecule has 0 spiro atoms. The average Bonchev–Trinajstić information content (AvgIpc) is 2.62. The first-order valence-electron chi connectivity index (χ1n) is 7.97. The number of aliphatic imine (C=N–C) groups is 1. The van der Waals surface area contributed by atoms with Crippen LogP contribution in [0.2, 0.25) is 0 Å². The Kier molecular flexibility index (Phi) is 5.03. The Morgan fingerprint density at radius 3 is 2.73 bits per heavy atom. The molecule has 0 saturated carbocycles. The van der Waals surface area contributed by atoms with Gasteiger partial charge in [0.25, 0.3) is 0 Å². The van der Waals surface area contributed by atoms with Gasteiger partial charge >= 0.3 is 0 Å². The predicted molar refractivity (Wildman–Crippen MR) is 100 cm³/mol. The number of allylic oxidation sites excluding steroid dienone is 1. The van der Waals surface area contributed by atoms with Gasteiger partial charge in [-0.3, -0.25) is 4.79 Å². The van der Waals surface area contributed by atoms with E-state index in [2.05, 4.69) is 10.1 Å². The van der Waals surface area contributed by atoms with Gasteiger partial charge < -0.3 is 5.73 Å². The van der Waals surface area contributed by atoms with Crippen LogP contribution < -0.4 is 11.2 Å². The van der Waals surface area contributed by atoms with E-state index in [1.54, 1.807) is 23.0 Å². The second kappa shape index (κ2) is 7.57. The number of nitrogens with zero attached hydrogens (tertiary/aromatic N) is 3. The summed E-state index contributed by atoms with van der Waals surface area (Å²) in [5, 5.41) is 4.39. The Labute approximate surface area is 149 Å². The SMILES string of the molecule is Cc1cccc(-n2ccc(=O)c(C(C=CN)=Nc3cccc(F)c3)n2)c1. The molecule has 2 aromatic carbocycles. The van der Waals surface area contributed by atoms with E-state index in [9.17, 15) is 9.18 Å². The number of nitrogens with two attached hydrogens (primary N) is 1. The number of benzene rings is 2. The summed E-state index contributed by atoms with van der Waals surface area (Å²) in [5.41, 5.74) is 7.82. The highest BCUT2D eigenvalue weighted by Crippen LogP contribution is 2.15. The maximum absolute atomic E-state index is 13.4. The first kappa shape index (κ1) is 17.3. The van der Waals surface area contributed by atoms with E-state index in [1.165, 1.54) is 30.5 Å². The normalized spacial score (nSPS) is 11.8. The van der Waals surface area contributed by atoms with Crippen LogP contribution in [0.15, 0.2) is 82.9 Å². The molecule has 2 N–H and O–H groups in total. The van der Waals surface area contributed by atoms with Crippen molar-refractivity contribution >= 4 is 11.4 Å². The third kappa shape index (κ3) is 3.92. The van der Waals surface area contributed by atoms with Crippen LogP contribution >= 0.6 is 0 Å². The lowest BCUT2D eigenvalue weighted by Gasteiger charge is -2.08. The molecule has 0 unspecified atom stereocenters. The van der Waals surface area contributed by atoms with Crippen molar-refractivity contribution in [3.8, 4) is 5.69 Å². The third-order valence-electron chi connectivity index (χ3n) is 3.63. The molecule has 5 nitrogen and oxygen atoms in total. The van der Waals surface area contributed by atoms with E-state index < -0.39 is 5.82 Å². The predicted octanol–water partition coefficient (Wildman–Crippen LogP) is 3.27. The van der Waals surface area contributed by atoms with Crippen LogP contribution in [0.1, 0.15) is 11.3 Å². The van der Waals surface area contributed by atoms with Crippen molar-refractivity contribution in [1.29, 1.82) is 0 Å². The number of rotatable bonds is 4. The molecule has 130 valence electrons. The molecule has 1 heterocycles. The molecule has 0 atom stereocenters. The van der Waals surface area contributed by atoms with Gasteiger partial charge in [0.2, 0.25) is 5.43 Å². The van der Waals surface area contributed by atoms with Gasteiger partial charge in [0, 0.05) is 12.3 Å². The largest absolute Gasteiger partial charge is 0.405 e. The maximum atomic E-state index is 13.4. The van der Waals surface area contributed by atoms with Crippen molar-refractivity contribution in [3.05, 3.63) is 100 Å². The summed E-state index contributed by atoms with van der Waals surface area (Å²) < 4.78 is 15.0. The van der Waals surface area contributed by atoms with Crippen LogP contribution in [-0.4, -0.2) is 15.5 Å². The highest BCUT2D eigenvalue weighted by molar-refractivity contribution is 6.08. The molecule has 0 bridgehead atoms. The van der Waals surface area contributed by atoms with E-state index in [0.717, 1.165) is 11.3 Å². The lowest BCUT2D eigenvalue weighted by Crippen LogP contribution is -2.20. The van der Waals surface area contributed by atoms with Crippen LogP contribution in [0.5, 0.6) is 0 Å². The highest BCUT2D eigenvalue weighted by Gasteiger charge is 2.10. The molecule has 0 saturated heterocycles. The molecule has 0 radical (unpaired) electrons. The molecule has 26 heavy (non-hydrogen) atoms. The second-order valence-corrected chi connectivity index (χ2v) is 5.65. The number of aromatic nitrogens is 2. The monoisotopic (exact) mass is 348 g/mol. The van der Waals surface area contributed by atoms with Gasteiger partial charge in [0.15, 0.2) is 5.69 Å². The zero-order valence-corrected chi connectivity index (χ0v) is 14.1. The fraction of sp³-hybridized carbons (Fsp3) is 0.0500. The molecule has 0 aliphatic carbocycles.